The first kappa shape index (κ1) is 18.5. The normalized spacial score (nSPS) is 12.7. The number of nitrogens with zero attached hydrogens (tertiary/aromatic N) is 3. The molecular formula is C19H24N4O2S. The number of hydrogen-bond donors (Lipinski definition) is 1. The number of hydrogen-bond acceptors (Lipinski definition) is 4. The molecule has 7 heteroatoms. The van der Waals surface area contributed by atoms with E-state index in [9.17, 15) is 8.42 Å². The van der Waals surface area contributed by atoms with Crippen LogP contribution in [0.1, 0.15) is 43.3 Å². The fourth-order valence-electron chi connectivity index (χ4n) is 3.05. The largest absolute Gasteiger partial charge is 0.285 e. The summed E-state index contributed by atoms with van der Waals surface area (Å²) in [7, 11) is -3.66. The zero-order valence-corrected chi connectivity index (χ0v) is 16.6. The lowest BCUT2D eigenvalue weighted by molar-refractivity contribution is 0.574. The fourth-order valence-corrected chi connectivity index (χ4v) is 4.48. The van der Waals surface area contributed by atoms with Crippen molar-refractivity contribution in [2.45, 2.75) is 51.5 Å². The van der Waals surface area contributed by atoms with Crippen LogP contribution in [-0.2, 0) is 22.0 Å². The zero-order chi connectivity index (χ0) is 19.1. The lowest BCUT2D eigenvalue weighted by Gasteiger charge is -2.22. The molecule has 2 aromatic heterocycles. The van der Waals surface area contributed by atoms with Crippen LogP contribution in [0.2, 0.25) is 0 Å². The Kier molecular flexibility index (Phi) is 4.62. The maximum atomic E-state index is 12.9. The summed E-state index contributed by atoms with van der Waals surface area (Å²) in [4.78, 5) is 0.333. The molecule has 0 spiro atoms. The lowest BCUT2D eigenvalue weighted by Crippen LogP contribution is -2.26. The van der Waals surface area contributed by atoms with Crippen LogP contribution < -0.4 is 4.72 Å². The molecule has 0 aliphatic heterocycles. The van der Waals surface area contributed by atoms with Gasteiger partial charge in [-0.2, -0.15) is 0 Å². The molecular weight excluding hydrogens is 348 g/mol. The highest BCUT2D eigenvalue weighted by Gasteiger charge is 2.23. The van der Waals surface area contributed by atoms with Gasteiger partial charge in [-0.3, -0.25) is 4.40 Å². The predicted octanol–water partition coefficient (Wildman–Crippen LogP) is 3.12. The average molecular weight is 372 g/mol. The molecule has 138 valence electrons. The van der Waals surface area contributed by atoms with Gasteiger partial charge in [-0.05, 0) is 48.1 Å². The molecule has 3 rings (SSSR count). The highest BCUT2D eigenvalue weighted by atomic mass is 32.2. The van der Waals surface area contributed by atoms with E-state index in [1.54, 1.807) is 4.40 Å². The number of benzene rings is 1. The van der Waals surface area contributed by atoms with Crippen LogP contribution in [0.15, 0.2) is 41.4 Å². The molecule has 0 bridgehead atoms. The Hall–Kier alpha value is -2.25. The van der Waals surface area contributed by atoms with Crippen molar-refractivity contribution in [1.82, 2.24) is 19.3 Å². The van der Waals surface area contributed by atoms with Gasteiger partial charge in [0.2, 0.25) is 10.0 Å². The van der Waals surface area contributed by atoms with E-state index in [0.717, 1.165) is 16.7 Å². The van der Waals surface area contributed by atoms with Crippen LogP contribution in [-0.4, -0.2) is 23.0 Å². The van der Waals surface area contributed by atoms with Gasteiger partial charge < -0.3 is 0 Å². The third-order valence-corrected chi connectivity index (χ3v) is 6.11. The Labute approximate surface area is 154 Å². The van der Waals surface area contributed by atoms with E-state index >= 15 is 0 Å². The van der Waals surface area contributed by atoms with E-state index in [2.05, 4.69) is 35.7 Å². The summed E-state index contributed by atoms with van der Waals surface area (Å²) in [6.45, 7) is 10.1. The molecule has 0 aliphatic carbocycles. The van der Waals surface area contributed by atoms with E-state index in [1.807, 2.05) is 50.4 Å². The van der Waals surface area contributed by atoms with Crippen molar-refractivity contribution in [3.63, 3.8) is 0 Å². The predicted molar refractivity (Wildman–Crippen MR) is 102 cm³/mol. The van der Waals surface area contributed by atoms with Gasteiger partial charge in [0.05, 0.1) is 11.4 Å². The number of aromatic nitrogens is 3. The molecule has 3 aromatic rings. The first-order chi connectivity index (χ1) is 12.1. The molecule has 26 heavy (non-hydrogen) atoms. The summed E-state index contributed by atoms with van der Waals surface area (Å²) < 4.78 is 30.2. The second kappa shape index (κ2) is 6.48. The zero-order valence-electron chi connectivity index (χ0n) is 15.7. The van der Waals surface area contributed by atoms with Crippen LogP contribution >= 0.6 is 0 Å². The molecule has 1 aromatic carbocycles. The summed E-state index contributed by atoms with van der Waals surface area (Å²) in [6.07, 6.45) is 1.81. The topological polar surface area (TPSA) is 76.4 Å². The van der Waals surface area contributed by atoms with Gasteiger partial charge in [-0.15, -0.1) is 10.2 Å². The lowest BCUT2D eigenvalue weighted by atomic mass is 9.85. The van der Waals surface area contributed by atoms with Crippen molar-refractivity contribution < 1.29 is 8.42 Å². The van der Waals surface area contributed by atoms with Gasteiger partial charge in [0.25, 0.3) is 0 Å². The van der Waals surface area contributed by atoms with Gasteiger partial charge in [0, 0.05) is 6.20 Å². The van der Waals surface area contributed by atoms with Gasteiger partial charge in [0.1, 0.15) is 0 Å². The maximum Gasteiger partial charge on any atom is 0.241 e. The number of aryl methyl sites for hydroxylation is 2. The average Bonchev–Trinajstić information content (AvgIpc) is 2.94. The number of sulfonamides is 1. The SMILES string of the molecule is Cc1cc(C(C)(C)C)cc(C)c1S(=O)(=O)NCc1nnc2ccccn12. The standard InChI is InChI=1S/C19H24N4O2S/c1-13-10-15(19(3,4)5)11-14(2)18(13)26(24,25)20-12-17-22-21-16-8-6-7-9-23(16)17/h6-11,20H,12H2,1-5H3. The molecule has 6 nitrogen and oxygen atoms in total. The van der Waals surface area contributed by atoms with E-state index < -0.39 is 10.0 Å². The highest BCUT2D eigenvalue weighted by molar-refractivity contribution is 7.89. The van der Waals surface area contributed by atoms with Crippen molar-refractivity contribution in [1.29, 1.82) is 0 Å². The Balaban J connectivity index is 1.91. The van der Waals surface area contributed by atoms with Crippen LogP contribution in [0.3, 0.4) is 0 Å². The van der Waals surface area contributed by atoms with Gasteiger partial charge in [-0.25, -0.2) is 13.1 Å². The molecule has 0 amide bonds. The minimum Gasteiger partial charge on any atom is -0.285 e. The van der Waals surface area contributed by atoms with Crippen molar-refractivity contribution in [2.24, 2.45) is 0 Å². The molecule has 0 fully saturated rings. The molecule has 0 saturated heterocycles. The highest BCUT2D eigenvalue weighted by Crippen LogP contribution is 2.29. The third kappa shape index (κ3) is 3.50. The molecule has 0 unspecified atom stereocenters. The Morgan fingerprint density at radius 1 is 1.08 bits per heavy atom. The van der Waals surface area contributed by atoms with E-state index in [4.69, 9.17) is 0 Å². The number of rotatable bonds is 4. The Bertz CT molecular complexity index is 1040. The minimum atomic E-state index is -3.66. The van der Waals surface area contributed by atoms with E-state index in [1.165, 1.54) is 0 Å². The third-order valence-electron chi connectivity index (χ3n) is 4.40. The molecule has 1 N–H and O–H groups in total. The van der Waals surface area contributed by atoms with Crippen molar-refractivity contribution in [3.8, 4) is 0 Å². The van der Waals surface area contributed by atoms with Gasteiger partial charge in [-0.1, -0.05) is 39.0 Å². The van der Waals surface area contributed by atoms with Crippen LogP contribution in [0.5, 0.6) is 0 Å². The molecule has 0 saturated carbocycles. The van der Waals surface area contributed by atoms with Crippen molar-refractivity contribution in [3.05, 3.63) is 59.0 Å². The summed E-state index contributed by atoms with van der Waals surface area (Å²) in [5.74, 6) is 0.547. The second-order valence-corrected chi connectivity index (χ2v) is 9.26. The fraction of sp³-hybridized carbons (Fsp3) is 0.368. The van der Waals surface area contributed by atoms with E-state index in [0.29, 0.717) is 16.4 Å². The maximum absolute atomic E-state index is 12.9. The summed E-state index contributed by atoms with van der Waals surface area (Å²) in [5, 5.41) is 8.11. The van der Waals surface area contributed by atoms with Gasteiger partial charge in [0.15, 0.2) is 11.5 Å². The van der Waals surface area contributed by atoms with Crippen LogP contribution in [0.4, 0.5) is 0 Å². The molecule has 2 heterocycles. The number of pyridine rings is 1. The van der Waals surface area contributed by atoms with Crippen molar-refractivity contribution in [2.75, 3.05) is 0 Å². The van der Waals surface area contributed by atoms with Gasteiger partial charge >= 0.3 is 0 Å². The van der Waals surface area contributed by atoms with Crippen LogP contribution in [0, 0.1) is 13.8 Å². The first-order valence-electron chi connectivity index (χ1n) is 8.49. The summed E-state index contributed by atoms with van der Waals surface area (Å²) >= 11 is 0. The summed E-state index contributed by atoms with van der Waals surface area (Å²) in [6, 6.07) is 9.45. The molecule has 0 radical (unpaired) electrons. The number of nitrogens with one attached hydrogen (secondary N) is 1. The monoisotopic (exact) mass is 372 g/mol. The smallest absolute Gasteiger partial charge is 0.241 e. The molecule has 0 aliphatic rings. The van der Waals surface area contributed by atoms with Crippen LogP contribution in [0.25, 0.3) is 5.65 Å². The van der Waals surface area contributed by atoms with E-state index in [-0.39, 0.29) is 12.0 Å². The molecule has 0 atom stereocenters. The minimum absolute atomic E-state index is 0.0360. The second-order valence-electron chi connectivity index (χ2n) is 7.56. The quantitative estimate of drug-likeness (QED) is 0.763. The first-order valence-corrected chi connectivity index (χ1v) is 9.98. The number of fused-ring (bicyclic) bond motifs is 1. The van der Waals surface area contributed by atoms with Crippen molar-refractivity contribution >= 4 is 15.7 Å². The Morgan fingerprint density at radius 2 is 1.73 bits per heavy atom. The Morgan fingerprint density at radius 3 is 2.35 bits per heavy atom. The summed E-state index contributed by atoms with van der Waals surface area (Å²) in [5.41, 5.74) is 3.26.